The Hall–Kier alpha value is -7.96. The molecule has 1 heterocycles. The number of benzene rings is 4. The number of nitrogens with zero attached hydrogens (tertiary/aromatic N) is 3. The van der Waals surface area contributed by atoms with Crippen LogP contribution in [0.2, 0.25) is 15.1 Å². The van der Waals surface area contributed by atoms with E-state index in [1.54, 1.807) is 12.2 Å². The number of alkyl halides is 7. The summed E-state index contributed by atoms with van der Waals surface area (Å²) in [6, 6.07) is 11.5. The average Bonchev–Trinajstić information content (AvgIpc) is 3.29. The SMILES string of the molecule is CCOC(=O)C(C)OC(=O)c1cc(Oc2ccc(C(F)(F)F)cc2Cl)ccc1[N+](=O)[O-].COc1c(Cl)ccc(Cl)c1C(=O)O.O=C(Nc1nc(OC(F)F)cc(OC(F)F)n1)NS(=O)(=O)c1ccccc1C(=O)O. The molecule has 0 aliphatic carbocycles. The number of nitrogens with one attached hydrogen (secondary N) is 2. The molecule has 0 spiro atoms. The number of aromatic carboxylic acids is 2. The van der Waals surface area contributed by atoms with Gasteiger partial charge in [-0.1, -0.05) is 46.9 Å². The first kappa shape index (κ1) is 60.3. The number of aromatic nitrogens is 2. The molecule has 22 nitrogen and oxygen atoms in total. The van der Waals surface area contributed by atoms with Crippen molar-refractivity contribution in [2.45, 2.75) is 44.2 Å². The molecule has 0 bridgehead atoms. The summed E-state index contributed by atoms with van der Waals surface area (Å²) >= 11 is 17.2. The number of ether oxygens (including phenoxy) is 6. The molecule has 398 valence electrons. The van der Waals surface area contributed by atoms with Crippen LogP contribution in [0.15, 0.2) is 83.8 Å². The number of carboxylic acid groups (broad SMARTS) is 2. The Bertz CT molecular complexity index is 2990. The Morgan fingerprint density at radius 2 is 1.41 bits per heavy atom. The van der Waals surface area contributed by atoms with Crippen molar-refractivity contribution in [3.63, 3.8) is 0 Å². The maximum Gasteiger partial charge on any atom is 0.416 e. The van der Waals surface area contributed by atoms with Gasteiger partial charge in [0.15, 0.2) is 11.9 Å². The van der Waals surface area contributed by atoms with Gasteiger partial charge in [-0.15, -0.1) is 0 Å². The third kappa shape index (κ3) is 17.7. The van der Waals surface area contributed by atoms with Crippen LogP contribution in [0.1, 0.15) is 50.5 Å². The fourth-order valence-electron chi connectivity index (χ4n) is 5.20. The van der Waals surface area contributed by atoms with Gasteiger partial charge in [0, 0.05) is 12.1 Å². The van der Waals surface area contributed by atoms with Crippen molar-refractivity contribution < 1.29 is 107 Å². The van der Waals surface area contributed by atoms with E-state index in [0.29, 0.717) is 12.1 Å². The standard InChI is InChI=1S/C19H15ClF3NO7.C14H10F4N4O7S.C8H6Cl2O3/c1-3-29-17(25)10(2)30-18(26)13-9-12(5-6-15(13)24(27)28)31-16-7-4-11(8-14(16)20)19(21,22)23;15-11(16)28-8-5-9(29-12(17)18)20-13(19-8)21-14(25)22-30(26,27)7-4-2-1-3-6(7)10(23)24;1-13-7-5(10)3-2-4(9)6(7)8(11)12/h4-10H,3H2,1-2H3;1-5,11-12H,(H,23,24)(H2,19,20,21,22,25);2-3H,1H3,(H,11,12). The van der Waals surface area contributed by atoms with Crippen LogP contribution in [0.5, 0.6) is 29.0 Å². The number of urea groups is 1. The van der Waals surface area contributed by atoms with Crippen LogP contribution >= 0.6 is 34.8 Å². The lowest BCUT2D eigenvalue weighted by Crippen LogP contribution is -2.35. The first-order valence-corrected chi connectivity index (χ1v) is 22.0. The fraction of sp³-hybridized carbons (Fsp3) is 0.195. The number of esters is 2. The maximum atomic E-state index is 12.8. The number of carbonyl (C=O) groups excluding carboxylic acids is 3. The molecular weight excluding hydrogens is 1110 g/mol. The summed E-state index contributed by atoms with van der Waals surface area (Å²) in [6.45, 7) is -4.00. The topological polar surface area (TPSA) is 308 Å². The summed E-state index contributed by atoms with van der Waals surface area (Å²) in [5.41, 5.74) is -2.93. The summed E-state index contributed by atoms with van der Waals surface area (Å²) in [6.07, 6.45) is -5.94. The summed E-state index contributed by atoms with van der Waals surface area (Å²) in [4.78, 5) is 74.0. The lowest BCUT2D eigenvalue weighted by Gasteiger charge is -2.13. The highest BCUT2D eigenvalue weighted by Gasteiger charge is 2.32. The zero-order chi connectivity index (χ0) is 55.8. The minimum absolute atomic E-state index is 0.0398. The molecule has 5 rings (SSSR count). The first-order chi connectivity index (χ1) is 34.5. The number of amides is 2. The Morgan fingerprint density at radius 3 is 1.91 bits per heavy atom. The molecule has 74 heavy (non-hydrogen) atoms. The summed E-state index contributed by atoms with van der Waals surface area (Å²) in [5.74, 6) is -7.89. The van der Waals surface area contributed by atoms with Crippen LogP contribution in [0.4, 0.5) is 47.2 Å². The molecule has 1 atom stereocenters. The van der Waals surface area contributed by atoms with Gasteiger partial charge in [-0.05, 0) is 62.4 Å². The minimum Gasteiger partial charge on any atom is -0.494 e. The number of hydrogen-bond acceptors (Lipinski definition) is 17. The number of anilines is 1. The van der Waals surface area contributed by atoms with Crippen LogP contribution in [-0.2, 0) is 30.5 Å². The third-order valence-corrected chi connectivity index (χ3v) is 10.5. The van der Waals surface area contributed by atoms with E-state index in [2.05, 4.69) is 19.4 Å². The van der Waals surface area contributed by atoms with Crippen molar-refractivity contribution >= 4 is 86.4 Å². The van der Waals surface area contributed by atoms with Crippen LogP contribution in [0.3, 0.4) is 0 Å². The Morgan fingerprint density at radius 1 is 0.811 bits per heavy atom. The molecule has 1 aromatic heterocycles. The smallest absolute Gasteiger partial charge is 0.416 e. The zero-order valence-corrected chi connectivity index (χ0v) is 40.1. The summed E-state index contributed by atoms with van der Waals surface area (Å²) in [5, 5.41) is 30.7. The predicted octanol–water partition coefficient (Wildman–Crippen LogP) is 9.76. The molecule has 0 fully saturated rings. The second-order valence-electron chi connectivity index (χ2n) is 13.2. The number of carbonyl (C=O) groups is 5. The molecule has 0 aliphatic heterocycles. The van der Waals surface area contributed by atoms with Gasteiger partial charge in [-0.3, -0.25) is 15.4 Å². The van der Waals surface area contributed by atoms with E-state index in [-0.39, 0.29) is 44.5 Å². The molecule has 4 N–H and O–H groups in total. The van der Waals surface area contributed by atoms with Gasteiger partial charge in [-0.2, -0.15) is 40.7 Å². The van der Waals surface area contributed by atoms with Gasteiger partial charge in [0.25, 0.3) is 15.7 Å². The molecule has 0 saturated carbocycles. The highest BCUT2D eigenvalue weighted by atomic mass is 35.5. The predicted molar refractivity (Wildman–Crippen MR) is 239 cm³/mol. The number of nitro benzene ring substituents is 1. The quantitative estimate of drug-likeness (QED) is 0.0291. The number of nitro groups is 1. The lowest BCUT2D eigenvalue weighted by atomic mass is 10.1. The number of halogens is 10. The number of sulfonamides is 1. The number of hydrogen-bond donors (Lipinski definition) is 4. The van der Waals surface area contributed by atoms with Crippen LogP contribution < -0.4 is 29.0 Å². The average molecular weight is 1140 g/mol. The van der Waals surface area contributed by atoms with Crippen molar-refractivity contribution in [1.29, 1.82) is 0 Å². The highest BCUT2D eigenvalue weighted by molar-refractivity contribution is 7.90. The van der Waals surface area contributed by atoms with E-state index >= 15 is 0 Å². The molecule has 5 aromatic rings. The fourth-order valence-corrected chi connectivity index (χ4v) is 6.99. The van der Waals surface area contributed by atoms with Crippen molar-refractivity contribution in [1.82, 2.24) is 14.7 Å². The van der Waals surface area contributed by atoms with E-state index in [1.807, 2.05) is 0 Å². The summed E-state index contributed by atoms with van der Waals surface area (Å²) in [7, 11) is -3.38. The largest absolute Gasteiger partial charge is 0.494 e. The molecular formula is C41H31Cl3F7N5O17S. The van der Waals surface area contributed by atoms with Crippen molar-refractivity contribution in [3.8, 4) is 29.0 Å². The Labute approximate surface area is 425 Å². The van der Waals surface area contributed by atoms with E-state index < -0.39 is 115 Å². The molecule has 33 heteroatoms. The molecule has 4 aromatic carbocycles. The van der Waals surface area contributed by atoms with E-state index in [4.69, 9.17) is 64.0 Å². The van der Waals surface area contributed by atoms with Gasteiger partial charge >= 0.3 is 49.3 Å². The van der Waals surface area contributed by atoms with Gasteiger partial charge < -0.3 is 38.6 Å². The monoisotopic (exact) mass is 1140 g/mol. The molecule has 0 radical (unpaired) electrons. The van der Waals surface area contributed by atoms with E-state index in [1.165, 1.54) is 43.0 Å². The molecule has 2 amide bonds. The third-order valence-electron chi connectivity index (χ3n) is 8.21. The number of methoxy groups -OCH3 is 1. The zero-order valence-electron chi connectivity index (χ0n) is 37.0. The highest BCUT2D eigenvalue weighted by Crippen LogP contribution is 2.38. The Kier molecular flexibility index (Phi) is 21.7. The normalized spacial score (nSPS) is 11.3. The van der Waals surface area contributed by atoms with Crippen LogP contribution in [0.25, 0.3) is 0 Å². The maximum absolute atomic E-state index is 12.8. The lowest BCUT2D eigenvalue weighted by molar-refractivity contribution is -0.385. The molecule has 0 saturated heterocycles. The van der Waals surface area contributed by atoms with Gasteiger partial charge in [0.2, 0.25) is 17.7 Å². The summed E-state index contributed by atoms with van der Waals surface area (Å²) < 4.78 is 141. The van der Waals surface area contributed by atoms with Crippen LogP contribution in [-0.4, -0.2) is 96.5 Å². The molecule has 1 unspecified atom stereocenters. The molecule has 0 aliphatic rings. The van der Waals surface area contributed by atoms with Gasteiger partial charge in [-0.25, -0.2) is 37.1 Å². The first-order valence-electron chi connectivity index (χ1n) is 19.4. The van der Waals surface area contributed by atoms with Crippen molar-refractivity contribution in [2.24, 2.45) is 0 Å². The second kappa shape index (κ2) is 26.7. The van der Waals surface area contributed by atoms with Gasteiger partial charge in [0.1, 0.15) is 27.5 Å². The van der Waals surface area contributed by atoms with Gasteiger partial charge in [0.05, 0.1) is 50.9 Å². The second-order valence-corrected chi connectivity index (χ2v) is 16.1. The number of carboxylic acids is 2. The van der Waals surface area contributed by atoms with E-state index in [0.717, 1.165) is 42.5 Å². The van der Waals surface area contributed by atoms with E-state index in [9.17, 15) is 73.2 Å². The number of rotatable bonds is 17. The van der Waals surface area contributed by atoms with Crippen LogP contribution in [0, 0.1) is 10.1 Å². The Balaban J connectivity index is 0.000000316. The minimum atomic E-state index is -4.71. The van der Waals surface area contributed by atoms with Crippen molar-refractivity contribution in [3.05, 3.63) is 126 Å². The van der Waals surface area contributed by atoms with Crippen molar-refractivity contribution in [2.75, 3.05) is 19.0 Å².